The van der Waals surface area contributed by atoms with Crippen LogP contribution in [0.3, 0.4) is 0 Å². The molecule has 14 heteroatoms. The van der Waals surface area contributed by atoms with Gasteiger partial charge in [0.25, 0.3) is 0 Å². The number of phenolic OH excluding ortho intramolecular Hbond substituents is 2. The third-order valence-corrected chi connectivity index (χ3v) is 13.7. The van der Waals surface area contributed by atoms with Crippen LogP contribution in [0.4, 0.5) is 0 Å². The number of aromatic hydroxyl groups is 2. The van der Waals surface area contributed by atoms with Crippen molar-refractivity contribution < 1.29 is 54.7 Å². The van der Waals surface area contributed by atoms with Crippen LogP contribution in [0.25, 0.3) is 0 Å². The van der Waals surface area contributed by atoms with Crippen LogP contribution < -0.4 is 19.5 Å². The fourth-order valence-corrected chi connectivity index (χ4v) is 10.9. The van der Waals surface area contributed by atoms with Gasteiger partial charge in [0, 0.05) is 23.5 Å². The van der Waals surface area contributed by atoms with Gasteiger partial charge in [0.1, 0.15) is 6.79 Å². The number of methoxy groups -OCH3 is 1. The average Bonchev–Trinajstić information content (AvgIpc) is 3.14. The fraction of sp³-hybridized carbons (Fsp3) is 0.700. The largest absolute Gasteiger partial charge is 0.504 e. The van der Waals surface area contributed by atoms with E-state index in [9.17, 15) is 35.7 Å². The summed E-state index contributed by atoms with van der Waals surface area (Å²) >= 11 is 0. The lowest BCUT2D eigenvalue weighted by atomic mass is 9.75. The second-order valence-electron chi connectivity index (χ2n) is 15.1. The number of benzene rings is 2. The highest BCUT2D eigenvalue weighted by Crippen LogP contribution is 2.47. The summed E-state index contributed by atoms with van der Waals surface area (Å²) in [5.74, 6) is 1.66. The predicted octanol–water partition coefficient (Wildman–Crippen LogP) is 5.31. The lowest BCUT2D eigenvalue weighted by molar-refractivity contribution is -0.0808. The lowest BCUT2D eigenvalue weighted by Crippen LogP contribution is -2.38. The van der Waals surface area contributed by atoms with E-state index in [1.54, 1.807) is 12.1 Å². The molecular weight excluding hydrogens is 735 g/mol. The molecule has 0 bridgehead atoms. The molecular formula is C40H63NO11S2. The van der Waals surface area contributed by atoms with Crippen molar-refractivity contribution in [3.63, 3.8) is 0 Å². The maximum atomic E-state index is 11.7. The SMILES string of the molecule is CNC[C@@H]1CC[C@@H](Oc2cc3c(cc2O)[C@H](CCO)SSC[C@@H](O)[C@@H](Cc2cc(OC)c(O)c(OCO)c2)[C@H](O)C[C@@H](OCO)CC3)C[C@@H]1CCC(C)C. The van der Waals surface area contributed by atoms with Gasteiger partial charge in [-0.05, 0) is 130 Å². The minimum absolute atomic E-state index is 0.00974. The molecule has 2 aromatic rings. The number of hydrogen-bond acceptors (Lipinski definition) is 14. The summed E-state index contributed by atoms with van der Waals surface area (Å²) < 4.78 is 22.9. The molecule has 0 amide bonds. The second-order valence-corrected chi connectivity index (χ2v) is 17.7. The standard InChI is InChI=1S/C40H63NO11S2/c1-24(2)5-6-26-16-30(10-8-28(26)20-41-3)52-36-17-27-7-9-29(50-22-43)18-33(45)32(13-25-14-37(49-4)40(48)38(15-25)51-23-44)35(47)21-53-54-39(11-12-42)31(27)19-34(36)46/h14-15,17,19,24,26,28-30,32-33,35,39,41-48H,5-13,16,18,20-23H2,1-4H3/t26-,28-,29-,30+,32-,33+,35+,39-/m0/s1. The van der Waals surface area contributed by atoms with E-state index in [4.69, 9.17) is 18.9 Å². The van der Waals surface area contributed by atoms with Gasteiger partial charge in [-0.25, -0.2) is 0 Å². The Hall–Kier alpha value is -2.14. The van der Waals surface area contributed by atoms with E-state index in [0.29, 0.717) is 48.3 Å². The normalized spacial score (nSPS) is 27.0. The van der Waals surface area contributed by atoms with Crippen LogP contribution in [-0.4, -0.2) is 107 Å². The molecule has 0 radical (unpaired) electrons. The second kappa shape index (κ2) is 22.6. The Kier molecular flexibility index (Phi) is 18.6. The molecule has 2 aromatic carbocycles. The van der Waals surface area contributed by atoms with Crippen molar-refractivity contribution in [2.24, 2.45) is 23.7 Å². The first-order valence-corrected chi connectivity index (χ1v) is 21.7. The zero-order valence-electron chi connectivity index (χ0n) is 32.2. The molecule has 0 saturated heterocycles. The van der Waals surface area contributed by atoms with E-state index in [-0.39, 0.29) is 59.6 Å². The molecule has 0 aromatic heterocycles. The molecule has 1 fully saturated rings. The Labute approximate surface area is 328 Å². The number of hydrogen-bond donors (Lipinski definition) is 8. The zero-order valence-corrected chi connectivity index (χ0v) is 33.8. The third-order valence-electron chi connectivity index (χ3n) is 10.9. The highest BCUT2D eigenvalue weighted by Gasteiger charge is 2.34. The average molecular weight is 798 g/mol. The van der Waals surface area contributed by atoms with Gasteiger partial charge in [-0.3, -0.25) is 0 Å². The highest BCUT2D eigenvalue weighted by atomic mass is 33.1. The van der Waals surface area contributed by atoms with Gasteiger partial charge in [0.2, 0.25) is 5.75 Å². The molecule has 8 atom stereocenters. The van der Waals surface area contributed by atoms with Crippen LogP contribution in [0.5, 0.6) is 28.7 Å². The van der Waals surface area contributed by atoms with E-state index in [1.807, 2.05) is 13.1 Å². The molecule has 1 heterocycles. The molecule has 0 unspecified atom stereocenters. The number of aryl methyl sites for hydroxylation is 1. The van der Waals surface area contributed by atoms with Crippen molar-refractivity contribution in [3.05, 3.63) is 41.0 Å². The lowest BCUT2D eigenvalue weighted by Gasteiger charge is -2.37. The van der Waals surface area contributed by atoms with Crippen LogP contribution in [-0.2, 0) is 17.6 Å². The summed E-state index contributed by atoms with van der Waals surface area (Å²) in [6.07, 6.45) is 4.21. The molecule has 2 aliphatic rings. The predicted molar refractivity (Wildman–Crippen MR) is 212 cm³/mol. The molecule has 8 N–H and O–H groups in total. The van der Waals surface area contributed by atoms with Crippen molar-refractivity contribution in [1.82, 2.24) is 5.32 Å². The monoisotopic (exact) mass is 797 g/mol. The van der Waals surface area contributed by atoms with Crippen LogP contribution in [0.15, 0.2) is 24.3 Å². The van der Waals surface area contributed by atoms with Crippen LogP contribution in [0.1, 0.15) is 87.2 Å². The minimum Gasteiger partial charge on any atom is -0.504 e. The van der Waals surface area contributed by atoms with Gasteiger partial charge in [0.15, 0.2) is 29.8 Å². The van der Waals surface area contributed by atoms with Gasteiger partial charge < -0.3 is 60.0 Å². The van der Waals surface area contributed by atoms with E-state index < -0.39 is 37.8 Å². The summed E-state index contributed by atoms with van der Waals surface area (Å²) in [6.45, 7) is 4.21. The maximum absolute atomic E-state index is 11.7. The molecule has 1 saturated carbocycles. The first-order valence-electron chi connectivity index (χ1n) is 19.3. The van der Waals surface area contributed by atoms with E-state index in [2.05, 4.69) is 19.2 Å². The molecule has 0 spiro atoms. The molecule has 12 nitrogen and oxygen atoms in total. The van der Waals surface area contributed by atoms with Crippen molar-refractivity contribution in [1.29, 1.82) is 0 Å². The van der Waals surface area contributed by atoms with Crippen molar-refractivity contribution in [2.75, 3.05) is 46.6 Å². The number of fused-ring (bicyclic) bond motifs is 1. The van der Waals surface area contributed by atoms with Gasteiger partial charge in [-0.15, -0.1) is 0 Å². The molecule has 1 aliphatic carbocycles. The number of aliphatic hydroxyl groups is 5. The Bertz CT molecular complexity index is 1420. The number of phenols is 2. The molecule has 306 valence electrons. The van der Waals surface area contributed by atoms with Crippen molar-refractivity contribution in [3.8, 4) is 28.7 Å². The van der Waals surface area contributed by atoms with Crippen molar-refractivity contribution >= 4 is 21.6 Å². The summed E-state index contributed by atoms with van der Waals surface area (Å²) in [5, 5.41) is 77.5. The summed E-state index contributed by atoms with van der Waals surface area (Å²) in [5.41, 5.74) is 2.40. The summed E-state index contributed by atoms with van der Waals surface area (Å²) in [6, 6.07) is 6.81. The fourth-order valence-electron chi connectivity index (χ4n) is 7.95. The Morgan fingerprint density at radius 3 is 2.33 bits per heavy atom. The van der Waals surface area contributed by atoms with E-state index in [0.717, 1.165) is 43.4 Å². The maximum Gasteiger partial charge on any atom is 0.200 e. The number of rotatable bonds is 16. The molecule has 54 heavy (non-hydrogen) atoms. The number of ether oxygens (including phenoxy) is 4. The van der Waals surface area contributed by atoms with E-state index in [1.165, 1.54) is 41.2 Å². The smallest absolute Gasteiger partial charge is 0.200 e. The van der Waals surface area contributed by atoms with Gasteiger partial charge in [-0.2, -0.15) is 0 Å². The van der Waals surface area contributed by atoms with Crippen LogP contribution in [0, 0.1) is 23.7 Å². The minimum atomic E-state index is -1.04. The first-order chi connectivity index (χ1) is 26.0. The van der Waals surface area contributed by atoms with Gasteiger partial charge in [0.05, 0.1) is 31.5 Å². The van der Waals surface area contributed by atoms with Gasteiger partial charge in [-0.1, -0.05) is 41.9 Å². The molecule has 4 rings (SSSR count). The van der Waals surface area contributed by atoms with Crippen molar-refractivity contribution in [2.45, 2.75) is 108 Å². The molecule has 1 aliphatic heterocycles. The highest BCUT2D eigenvalue weighted by molar-refractivity contribution is 8.76. The zero-order chi connectivity index (χ0) is 39.2. The van der Waals surface area contributed by atoms with Gasteiger partial charge >= 0.3 is 0 Å². The number of aliphatic hydroxyl groups excluding tert-OH is 5. The third kappa shape index (κ3) is 12.7. The first kappa shape index (κ1) is 44.6. The quantitative estimate of drug-likeness (QED) is 0.0806. The number of nitrogens with one attached hydrogen (secondary N) is 1. The Morgan fingerprint density at radius 2 is 1.65 bits per heavy atom. The Balaban J connectivity index is 1.61. The summed E-state index contributed by atoms with van der Waals surface area (Å²) in [4.78, 5) is 0. The Morgan fingerprint density at radius 1 is 0.870 bits per heavy atom. The van der Waals surface area contributed by atoms with E-state index >= 15 is 0 Å². The summed E-state index contributed by atoms with van der Waals surface area (Å²) in [7, 11) is 6.33. The van der Waals surface area contributed by atoms with Crippen LogP contribution in [0.2, 0.25) is 0 Å². The topological polar surface area (TPSA) is 191 Å². The van der Waals surface area contributed by atoms with Crippen LogP contribution >= 0.6 is 21.6 Å².